The summed E-state index contributed by atoms with van der Waals surface area (Å²) in [6.45, 7) is 0. The van der Waals surface area contributed by atoms with Crippen LogP contribution >= 0.6 is 11.6 Å². The van der Waals surface area contributed by atoms with Crippen molar-refractivity contribution in [2.24, 2.45) is 17.8 Å². The second kappa shape index (κ2) is 4.80. The Hall–Kier alpha value is -1.95. The first kappa shape index (κ1) is 12.8. The third kappa shape index (κ3) is 2.40. The smallest absolute Gasteiger partial charge is 0.227 e. The number of hydrogen-bond donors (Lipinski definition) is 1. The molecule has 1 amide bonds. The summed E-state index contributed by atoms with van der Waals surface area (Å²) < 4.78 is 1.52. The average Bonchev–Trinajstić information content (AvgIpc) is 2.94. The SMILES string of the molecule is O=C(Nc1cc(-n2cnnn2)ccc1Cl)C1CC2CC2C1. The lowest BCUT2D eigenvalue weighted by molar-refractivity contribution is -0.120. The summed E-state index contributed by atoms with van der Waals surface area (Å²) in [5.41, 5.74) is 1.37. The number of aromatic nitrogens is 4. The Balaban J connectivity index is 1.53. The van der Waals surface area contributed by atoms with E-state index in [1.165, 1.54) is 17.4 Å². The molecule has 2 aliphatic carbocycles. The molecule has 2 unspecified atom stereocenters. The van der Waals surface area contributed by atoms with Crippen molar-refractivity contribution in [2.75, 3.05) is 5.32 Å². The summed E-state index contributed by atoms with van der Waals surface area (Å²) in [6, 6.07) is 5.33. The van der Waals surface area contributed by atoms with Gasteiger partial charge in [-0.3, -0.25) is 4.79 Å². The van der Waals surface area contributed by atoms with Crippen molar-refractivity contribution < 1.29 is 4.79 Å². The summed E-state index contributed by atoms with van der Waals surface area (Å²) in [5, 5.41) is 14.5. The fraction of sp³-hybridized carbons (Fsp3) is 0.429. The van der Waals surface area contributed by atoms with E-state index in [1.807, 2.05) is 0 Å². The number of nitrogens with one attached hydrogen (secondary N) is 1. The number of fused-ring (bicyclic) bond motifs is 1. The van der Waals surface area contributed by atoms with Crippen LogP contribution in [-0.2, 0) is 4.79 Å². The lowest BCUT2D eigenvalue weighted by Gasteiger charge is -2.14. The number of rotatable bonds is 3. The Kier molecular flexibility index (Phi) is 2.92. The van der Waals surface area contributed by atoms with Crippen LogP contribution in [0, 0.1) is 17.8 Å². The molecule has 0 bridgehead atoms. The van der Waals surface area contributed by atoms with Gasteiger partial charge < -0.3 is 5.32 Å². The summed E-state index contributed by atoms with van der Waals surface area (Å²) in [6.07, 6.45) is 4.83. The first-order valence-corrected chi connectivity index (χ1v) is 7.42. The standard InChI is InChI=1S/C14H14ClN5O/c15-12-2-1-11(20-7-16-18-19-20)6-13(12)17-14(21)10-4-8-3-9(8)5-10/h1-2,6-10H,3-5H2,(H,17,21). The Labute approximate surface area is 126 Å². The second-order valence-electron chi connectivity index (χ2n) is 5.83. The maximum atomic E-state index is 12.3. The largest absolute Gasteiger partial charge is 0.324 e. The normalized spacial score (nSPS) is 26.4. The molecule has 0 radical (unpaired) electrons. The molecule has 2 aromatic rings. The maximum Gasteiger partial charge on any atom is 0.227 e. The quantitative estimate of drug-likeness (QED) is 0.944. The molecular weight excluding hydrogens is 290 g/mol. The number of benzene rings is 1. The predicted molar refractivity (Wildman–Crippen MR) is 77.1 cm³/mol. The molecule has 2 atom stereocenters. The van der Waals surface area contributed by atoms with E-state index in [4.69, 9.17) is 11.6 Å². The first-order chi connectivity index (χ1) is 10.2. The average molecular weight is 304 g/mol. The van der Waals surface area contributed by atoms with Gasteiger partial charge in [0.05, 0.1) is 16.4 Å². The monoisotopic (exact) mass is 303 g/mol. The number of hydrogen-bond acceptors (Lipinski definition) is 4. The lowest BCUT2D eigenvalue weighted by atomic mass is 10.0. The number of carbonyl (C=O) groups excluding carboxylic acids is 1. The van der Waals surface area contributed by atoms with E-state index in [-0.39, 0.29) is 11.8 Å². The van der Waals surface area contributed by atoms with Gasteiger partial charge in [-0.1, -0.05) is 11.6 Å². The molecule has 6 nitrogen and oxygen atoms in total. The molecule has 1 aromatic carbocycles. The van der Waals surface area contributed by atoms with E-state index in [1.54, 1.807) is 18.2 Å². The zero-order valence-corrected chi connectivity index (χ0v) is 12.0. The minimum atomic E-state index is 0.0676. The Morgan fingerprint density at radius 3 is 2.81 bits per heavy atom. The van der Waals surface area contributed by atoms with Gasteiger partial charge in [-0.25, -0.2) is 4.68 Å². The predicted octanol–water partition coefficient (Wildman–Crippen LogP) is 2.30. The van der Waals surface area contributed by atoms with Crippen LogP contribution in [0.4, 0.5) is 5.69 Å². The van der Waals surface area contributed by atoms with Gasteiger partial charge in [0.15, 0.2) is 0 Å². The highest BCUT2D eigenvalue weighted by molar-refractivity contribution is 6.33. The highest BCUT2D eigenvalue weighted by Gasteiger charge is 2.48. The molecular formula is C14H14ClN5O. The van der Waals surface area contributed by atoms with E-state index in [0.29, 0.717) is 10.7 Å². The topological polar surface area (TPSA) is 72.7 Å². The summed E-state index contributed by atoms with van der Waals surface area (Å²) >= 11 is 6.17. The van der Waals surface area contributed by atoms with Crippen LogP contribution in [0.1, 0.15) is 19.3 Å². The first-order valence-electron chi connectivity index (χ1n) is 7.04. The Morgan fingerprint density at radius 2 is 2.10 bits per heavy atom. The van der Waals surface area contributed by atoms with Crippen LogP contribution in [0.3, 0.4) is 0 Å². The molecule has 2 fully saturated rings. The summed E-state index contributed by atoms with van der Waals surface area (Å²) in [5.74, 6) is 1.76. The van der Waals surface area contributed by atoms with Crippen LogP contribution in [0.2, 0.25) is 5.02 Å². The van der Waals surface area contributed by atoms with Gasteiger partial charge in [0.25, 0.3) is 0 Å². The molecule has 21 heavy (non-hydrogen) atoms. The van der Waals surface area contributed by atoms with E-state index in [0.717, 1.165) is 30.4 Å². The summed E-state index contributed by atoms with van der Waals surface area (Å²) in [4.78, 5) is 12.3. The van der Waals surface area contributed by atoms with Gasteiger partial charge in [-0.05, 0) is 59.7 Å². The Morgan fingerprint density at radius 1 is 1.29 bits per heavy atom. The van der Waals surface area contributed by atoms with Crippen LogP contribution in [-0.4, -0.2) is 26.1 Å². The van der Waals surface area contributed by atoms with Crippen molar-refractivity contribution in [3.05, 3.63) is 29.5 Å². The molecule has 0 spiro atoms. The molecule has 2 aliphatic rings. The van der Waals surface area contributed by atoms with Crippen LogP contribution < -0.4 is 5.32 Å². The zero-order valence-electron chi connectivity index (χ0n) is 11.2. The molecule has 1 N–H and O–H groups in total. The van der Waals surface area contributed by atoms with Gasteiger partial charge in [0, 0.05) is 5.92 Å². The van der Waals surface area contributed by atoms with Crippen molar-refractivity contribution in [3.8, 4) is 5.69 Å². The van der Waals surface area contributed by atoms with Crippen molar-refractivity contribution in [3.63, 3.8) is 0 Å². The van der Waals surface area contributed by atoms with Crippen molar-refractivity contribution in [2.45, 2.75) is 19.3 Å². The van der Waals surface area contributed by atoms with Crippen molar-refractivity contribution in [1.82, 2.24) is 20.2 Å². The molecule has 1 aromatic heterocycles. The third-order valence-corrected chi connectivity index (χ3v) is 4.77. The molecule has 2 saturated carbocycles. The minimum absolute atomic E-state index is 0.0676. The van der Waals surface area contributed by atoms with E-state index in [9.17, 15) is 4.79 Å². The number of nitrogens with zero attached hydrogens (tertiary/aromatic N) is 4. The highest BCUT2D eigenvalue weighted by atomic mass is 35.5. The third-order valence-electron chi connectivity index (χ3n) is 4.44. The number of anilines is 1. The number of tetrazole rings is 1. The number of amides is 1. The molecule has 1 heterocycles. The van der Waals surface area contributed by atoms with Gasteiger partial charge in [-0.15, -0.1) is 5.10 Å². The fourth-order valence-electron chi connectivity index (χ4n) is 3.19. The van der Waals surface area contributed by atoms with Crippen molar-refractivity contribution >= 4 is 23.2 Å². The zero-order chi connectivity index (χ0) is 14.4. The van der Waals surface area contributed by atoms with Gasteiger partial charge in [0.1, 0.15) is 6.33 Å². The van der Waals surface area contributed by atoms with Crippen LogP contribution in [0.15, 0.2) is 24.5 Å². The second-order valence-corrected chi connectivity index (χ2v) is 6.24. The van der Waals surface area contributed by atoms with E-state index >= 15 is 0 Å². The van der Waals surface area contributed by atoms with Crippen LogP contribution in [0.5, 0.6) is 0 Å². The molecule has 108 valence electrons. The number of carbonyl (C=O) groups is 1. The highest BCUT2D eigenvalue weighted by Crippen LogP contribution is 2.54. The number of halogens is 1. The van der Waals surface area contributed by atoms with E-state index in [2.05, 4.69) is 20.8 Å². The molecule has 4 rings (SSSR count). The lowest BCUT2D eigenvalue weighted by Crippen LogP contribution is -2.21. The molecule has 0 saturated heterocycles. The van der Waals surface area contributed by atoms with Gasteiger partial charge in [-0.2, -0.15) is 0 Å². The molecule has 7 heteroatoms. The van der Waals surface area contributed by atoms with Crippen molar-refractivity contribution in [1.29, 1.82) is 0 Å². The van der Waals surface area contributed by atoms with E-state index < -0.39 is 0 Å². The van der Waals surface area contributed by atoms with Gasteiger partial charge in [0.2, 0.25) is 5.91 Å². The maximum absolute atomic E-state index is 12.3. The minimum Gasteiger partial charge on any atom is -0.324 e. The van der Waals surface area contributed by atoms with Gasteiger partial charge >= 0.3 is 0 Å². The van der Waals surface area contributed by atoms with Crippen LogP contribution in [0.25, 0.3) is 5.69 Å². The fourth-order valence-corrected chi connectivity index (χ4v) is 3.36. The molecule has 0 aliphatic heterocycles. The summed E-state index contributed by atoms with van der Waals surface area (Å²) in [7, 11) is 0. The Bertz CT molecular complexity index is 677.